The van der Waals surface area contributed by atoms with E-state index in [2.05, 4.69) is 48.1 Å². The topological polar surface area (TPSA) is 21.3 Å². The molecule has 0 bridgehead atoms. The molecule has 1 fully saturated rings. The minimum absolute atomic E-state index is 0.154. The van der Waals surface area contributed by atoms with Gasteiger partial charge in [0.1, 0.15) is 4.34 Å². The zero-order valence-electron chi connectivity index (χ0n) is 10.9. The van der Waals surface area contributed by atoms with Crippen LogP contribution in [0.4, 0.5) is 0 Å². The van der Waals surface area contributed by atoms with Gasteiger partial charge in [-0.15, -0.1) is 11.3 Å². The van der Waals surface area contributed by atoms with Gasteiger partial charge in [-0.1, -0.05) is 11.6 Å². The van der Waals surface area contributed by atoms with Gasteiger partial charge in [-0.2, -0.15) is 0 Å². The fraction of sp³-hybridized carbons (Fsp3) is 0.692. The molecule has 0 amide bonds. The van der Waals surface area contributed by atoms with Gasteiger partial charge in [0.25, 0.3) is 0 Å². The molecule has 0 saturated carbocycles. The number of hydrogen-bond donors (Lipinski definition) is 1. The van der Waals surface area contributed by atoms with Crippen molar-refractivity contribution < 1.29 is 4.74 Å². The van der Waals surface area contributed by atoms with E-state index in [9.17, 15) is 0 Å². The van der Waals surface area contributed by atoms with E-state index >= 15 is 0 Å². The van der Waals surface area contributed by atoms with Crippen LogP contribution in [-0.4, -0.2) is 18.7 Å². The lowest BCUT2D eigenvalue weighted by molar-refractivity contribution is 0.0917. The molecular weight excluding hydrogens is 334 g/mol. The first-order valence-corrected chi connectivity index (χ1v) is 8.17. The molecule has 2 atom stereocenters. The lowest BCUT2D eigenvalue weighted by atomic mass is 9.98. The van der Waals surface area contributed by atoms with Gasteiger partial charge in [0, 0.05) is 34.0 Å². The molecule has 0 spiro atoms. The third-order valence-corrected chi connectivity index (χ3v) is 5.59. The zero-order valence-corrected chi connectivity index (χ0v) is 14.1. The van der Waals surface area contributed by atoms with Gasteiger partial charge in [0.05, 0.1) is 6.10 Å². The van der Waals surface area contributed by atoms with Gasteiger partial charge in [-0.3, -0.25) is 0 Å². The van der Waals surface area contributed by atoms with Crippen molar-refractivity contribution in [3.05, 3.63) is 19.8 Å². The van der Waals surface area contributed by atoms with Crippen LogP contribution < -0.4 is 5.32 Å². The van der Waals surface area contributed by atoms with E-state index in [0.717, 1.165) is 28.4 Å². The normalized spacial score (nSPS) is 24.7. The van der Waals surface area contributed by atoms with Gasteiger partial charge in [0.2, 0.25) is 0 Å². The van der Waals surface area contributed by atoms with Crippen LogP contribution in [0.1, 0.15) is 38.2 Å². The maximum atomic E-state index is 6.11. The van der Waals surface area contributed by atoms with Crippen molar-refractivity contribution in [3.8, 4) is 0 Å². The Morgan fingerprint density at radius 1 is 1.56 bits per heavy atom. The van der Waals surface area contributed by atoms with Crippen molar-refractivity contribution in [2.45, 2.75) is 38.8 Å². The highest BCUT2D eigenvalue weighted by Gasteiger charge is 2.31. The lowest BCUT2D eigenvalue weighted by Gasteiger charge is -2.25. The molecule has 1 aliphatic heterocycles. The first kappa shape index (κ1) is 14.8. The van der Waals surface area contributed by atoms with Crippen LogP contribution in [0, 0.1) is 5.92 Å². The second kappa shape index (κ2) is 5.80. The lowest BCUT2D eigenvalue weighted by Crippen LogP contribution is -2.39. The van der Waals surface area contributed by atoms with E-state index < -0.39 is 0 Å². The number of halogens is 2. The Morgan fingerprint density at radius 2 is 2.28 bits per heavy atom. The van der Waals surface area contributed by atoms with Crippen molar-refractivity contribution in [1.82, 2.24) is 5.32 Å². The Balaban J connectivity index is 2.03. The van der Waals surface area contributed by atoms with Crippen LogP contribution in [0.5, 0.6) is 0 Å². The Morgan fingerprint density at radius 3 is 2.83 bits per heavy atom. The number of ether oxygens (including phenoxy) is 1. The fourth-order valence-electron chi connectivity index (χ4n) is 2.10. The molecule has 102 valence electrons. The standard InChI is InChI=1S/C13H19BrClNOS/c1-13(2,3)16-7-8-4-5-17-11(8)10-6-9(14)12(15)18-10/h6,8,11,16H,4-5,7H2,1-3H3. The molecule has 1 N–H and O–H groups in total. The predicted molar refractivity (Wildman–Crippen MR) is 81.6 cm³/mol. The number of rotatable bonds is 3. The molecule has 18 heavy (non-hydrogen) atoms. The maximum Gasteiger partial charge on any atom is 0.107 e. The molecule has 2 rings (SSSR count). The molecule has 2 nitrogen and oxygen atoms in total. The molecule has 0 aliphatic carbocycles. The van der Waals surface area contributed by atoms with Gasteiger partial charge in [-0.25, -0.2) is 0 Å². The van der Waals surface area contributed by atoms with Crippen molar-refractivity contribution in [3.63, 3.8) is 0 Å². The first-order valence-electron chi connectivity index (χ1n) is 6.18. The molecule has 1 aliphatic rings. The minimum atomic E-state index is 0.154. The summed E-state index contributed by atoms with van der Waals surface area (Å²) in [4.78, 5) is 1.23. The number of hydrogen-bond acceptors (Lipinski definition) is 3. The summed E-state index contributed by atoms with van der Waals surface area (Å²) in [6, 6.07) is 2.09. The SMILES string of the molecule is CC(C)(C)NCC1CCOC1c1cc(Br)c(Cl)s1. The van der Waals surface area contributed by atoms with E-state index in [-0.39, 0.29) is 11.6 Å². The van der Waals surface area contributed by atoms with E-state index in [1.807, 2.05) is 0 Å². The molecule has 2 heterocycles. The van der Waals surface area contributed by atoms with Crippen molar-refractivity contribution >= 4 is 38.9 Å². The third kappa shape index (κ3) is 3.70. The van der Waals surface area contributed by atoms with Crippen molar-refractivity contribution in [2.24, 2.45) is 5.92 Å². The largest absolute Gasteiger partial charge is 0.372 e. The van der Waals surface area contributed by atoms with Crippen LogP contribution in [0.25, 0.3) is 0 Å². The Hall–Kier alpha value is 0.390. The Bertz CT molecular complexity index is 396. The molecule has 5 heteroatoms. The van der Waals surface area contributed by atoms with E-state index in [0.29, 0.717) is 5.92 Å². The fourth-order valence-corrected chi connectivity index (χ4v) is 3.98. The van der Waals surface area contributed by atoms with Crippen LogP contribution in [0.2, 0.25) is 4.34 Å². The van der Waals surface area contributed by atoms with Gasteiger partial charge < -0.3 is 10.1 Å². The third-order valence-electron chi connectivity index (χ3n) is 3.05. The highest BCUT2D eigenvalue weighted by atomic mass is 79.9. The average molecular weight is 353 g/mol. The van der Waals surface area contributed by atoms with Gasteiger partial charge in [0.15, 0.2) is 0 Å². The summed E-state index contributed by atoms with van der Waals surface area (Å²) in [6.07, 6.45) is 1.30. The molecule has 1 aromatic rings. The molecule has 0 aromatic carbocycles. The van der Waals surface area contributed by atoms with Crippen molar-refractivity contribution in [1.29, 1.82) is 0 Å². The predicted octanol–water partition coefficient (Wildman–Crippen LogP) is 4.63. The minimum Gasteiger partial charge on any atom is -0.372 e. The molecular formula is C13H19BrClNOS. The summed E-state index contributed by atoms with van der Waals surface area (Å²) in [5.41, 5.74) is 0.154. The molecule has 0 radical (unpaired) electrons. The summed E-state index contributed by atoms with van der Waals surface area (Å²) in [7, 11) is 0. The monoisotopic (exact) mass is 351 g/mol. The van der Waals surface area contributed by atoms with Crippen molar-refractivity contribution in [2.75, 3.05) is 13.2 Å². The van der Waals surface area contributed by atoms with Crippen LogP contribution in [0.3, 0.4) is 0 Å². The smallest absolute Gasteiger partial charge is 0.107 e. The Labute approximate surface area is 126 Å². The van der Waals surface area contributed by atoms with Crippen LogP contribution in [0.15, 0.2) is 10.5 Å². The highest BCUT2D eigenvalue weighted by Crippen LogP contribution is 2.42. The zero-order chi connectivity index (χ0) is 13.3. The first-order chi connectivity index (χ1) is 8.37. The second-order valence-corrected chi connectivity index (χ2v) is 8.28. The highest BCUT2D eigenvalue weighted by molar-refractivity contribution is 9.10. The van der Waals surface area contributed by atoms with Gasteiger partial charge >= 0.3 is 0 Å². The summed E-state index contributed by atoms with van der Waals surface area (Å²) < 4.78 is 7.66. The summed E-state index contributed by atoms with van der Waals surface area (Å²) in [6.45, 7) is 8.40. The maximum absolute atomic E-state index is 6.11. The van der Waals surface area contributed by atoms with Crippen LogP contribution in [-0.2, 0) is 4.74 Å². The molecule has 2 unspecified atom stereocenters. The second-order valence-electron chi connectivity index (χ2n) is 5.74. The molecule has 1 aromatic heterocycles. The molecule has 1 saturated heterocycles. The average Bonchev–Trinajstić information content (AvgIpc) is 2.82. The van der Waals surface area contributed by atoms with E-state index in [4.69, 9.17) is 16.3 Å². The number of nitrogens with one attached hydrogen (secondary N) is 1. The van der Waals surface area contributed by atoms with Gasteiger partial charge in [-0.05, 0) is 49.2 Å². The summed E-state index contributed by atoms with van der Waals surface area (Å²) in [5.74, 6) is 0.533. The Kier molecular flexibility index (Phi) is 4.76. The quantitative estimate of drug-likeness (QED) is 0.856. The number of thiophene rings is 1. The summed E-state index contributed by atoms with van der Waals surface area (Å²) in [5, 5.41) is 3.56. The summed E-state index contributed by atoms with van der Waals surface area (Å²) >= 11 is 11.2. The van der Waals surface area contributed by atoms with Crippen LogP contribution >= 0.6 is 38.9 Å². The van der Waals surface area contributed by atoms with E-state index in [1.165, 1.54) is 4.88 Å². The van der Waals surface area contributed by atoms with E-state index in [1.54, 1.807) is 11.3 Å².